The maximum absolute atomic E-state index is 12.5. The van der Waals surface area contributed by atoms with E-state index < -0.39 is 18.2 Å². The largest absolute Gasteiger partial charge is 0.471 e. The summed E-state index contributed by atoms with van der Waals surface area (Å²) in [4.78, 5) is 23.6. The summed E-state index contributed by atoms with van der Waals surface area (Å²) in [5.74, 6) is -1.55. The van der Waals surface area contributed by atoms with E-state index >= 15 is 0 Å². The molecule has 0 aromatic carbocycles. The molecule has 0 aliphatic heterocycles. The molecule has 4 rings (SSSR count). The van der Waals surface area contributed by atoms with Gasteiger partial charge in [-0.2, -0.15) is 18.2 Å². The lowest BCUT2D eigenvalue weighted by Crippen LogP contribution is -2.15. The Hall–Kier alpha value is -3.50. The molecular weight excluding hydrogens is 403 g/mol. The van der Waals surface area contributed by atoms with E-state index in [1.54, 1.807) is 6.20 Å². The molecule has 0 saturated carbocycles. The third-order valence-corrected chi connectivity index (χ3v) is 4.52. The quantitative estimate of drug-likeness (QED) is 0.677. The highest BCUT2D eigenvalue weighted by molar-refractivity contribution is 5.83. The molecule has 0 unspecified atom stereocenters. The van der Waals surface area contributed by atoms with Gasteiger partial charge in [0.2, 0.25) is 5.82 Å². The number of carbonyl (C=O) groups excluding carboxylic acids is 1. The number of pyridine rings is 2. The number of amides is 1. The number of hydrogen-bond donors (Lipinski definition) is 1. The smallest absolute Gasteiger partial charge is 0.444 e. The molecule has 1 aliphatic rings. The first-order chi connectivity index (χ1) is 14.4. The number of halogens is 3. The molecule has 156 valence electrons. The minimum Gasteiger partial charge on any atom is -0.444 e. The molecule has 8 nitrogen and oxygen atoms in total. The van der Waals surface area contributed by atoms with Crippen LogP contribution in [0.3, 0.4) is 0 Å². The van der Waals surface area contributed by atoms with Gasteiger partial charge in [-0.05, 0) is 49.4 Å². The maximum Gasteiger partial charge on any atom is 0.471 e. The third-order valence-electron chi connectivity index (χ3n) is 4.52. The molecule has 3 heterocycles. The predicted molar refractivity (Wildman–Crippen MR) is 97.2 cm³/mol. The number of hydrogen-bond acceptors (Lipinski definition) is 7. The summed E-state index contributed by atoms with van der Waals surface area (Å²) in [6.45, 7) is 0.0628. The zero-order chi connectivity index (χ0) is 21.1. The summed E-state index contributed by atoms with van der Waals surface area (Å²) in [5.41, 5.74) is 3.29. The molecule has 3 aromatic rings. The van der Waals surface area contributed by atoms with E-state index in [0.717, 1.165) is 36.9 Å². The third kappa shape index (κ3) is 4.56. The Labute approximate surface area is 168 Å². The number of anilines is 1. The second-order valence-electron chi connectivity index (χ2n) is 6.71. The van der Waals surface area contributed by atoms with Gasteiger partial charge in [0.05, 0.1) is 0 Å². The molecule has 11 heteroatoms. The van der Waals surface area contributed by atoms with E-state index in [-0.39, 0.29) is 23.8 Å². The van der Waals surface area contributed by atoms with Crippen LogP contribution in [0, 0.1) is 0 Å². The van der Waals surface area contributed by atoms with Crippen LogP contribution in [-0.4, -0.2) is 26.2 Å². The molecule has 3 aromatic heterocycles. The monoisotopic (exact) mass is 419 g/mol. The van der Waals surface area contributed by atoms with Gasteiger partial charge in [-0.15, -0.1) is 0 Å². The van der Waals surface area contributed by atoms with Crippen molar-refractivity contribution in [2.75, 3.05) is 5.32 Å². The van der Waals surface area contributed by atoms with Crippen LogP contribution in [0.25, 0.3) is 11.4 Å². The standard InChI is InChI=1S/C19H16F3N5O3/c20-19(21,22)17-26-16(27-30-17)13-5-6-15(24-9-13)25-18(28)29-10-11-7-12-3-1-2-4-14(12)23-8-11/h5-9H,1-4,10H2,(H,24,25,28). The summed E-state index contributed by atoms with van der Waals surface area (Å²) in [7, 11) is 0. The van der Waals surface area contributed by atoms with Gasteiger partial charge in [-0.1, -0.05) is 5.16 Å². The fraction of sp³-hybridized carbons (Fsp3) is 0.316. The fourth-order valence-electron chi connectivity index (χ4n) is 3.06. The molecule has 1 N–H and O–H groups in total. The SMILES string of the molecule is O=C(Nc1ccc(-c2noc(C(F)(F)F)n2)cn1)OCc1cnc2c(c1)CCCC2. The van der Waals surface area contributed by atoms with Crippen LogP contribution in [0.4, 0.5) is 23.8 Å². The van der Waals surface area contributed by atoms with E-state index in [9.17, 15) is 18.0 Å². The van der Waals surface area contributed by atoms with Crippen molar-refractivity contribution in [3.63, 3.8) is 0 Å². The van der Waals surface area contributed by atoms with Crippen molar-refractivity contribution in [3.05, 3.63) is 53.3 Å². The van der Waals surface area contributed by atoms with E-state index in [1.807, 2.05) is 6.07 Å². The summed E-state index contributed by atoms with van der Waals surface area (Å²) in [5, 5.41) is 5.72. The summed E-state index contributed by atoms with van der Waals surface area (Å²) in [6, 6.07) is 4.80. The van der Waals surface area contributed by atoms with Crippen LogP contribution in [0.2, 0.25) is 0 Å². The highest BCUT2D eigenvalue weighted by atomic mass is 19.4. The average Bonchev–Trinajstić information content (AvgIpc) is 3.23. The fourth-order valence-corrected chi connectivity index (χ4v) is 3.06. The first kappa shape index (κ1) is 19.8. The van der Waals surface area contributed by atoms with E-state index in [2.05, 4.69) is 29.9 Å². The Morgan fingerprint density at radius 2 is 2.00 bits per heavy atom. The first-order valence-electron chi connectivity index (χ1n) is 9.16. The van der Waals surface area contributed by atoms with Crippen molar-refractivity contribution < 1.29 is 27.2 Å². The van der Waals surface area contributed by atoms with Crippen molar-refractivity contribution in [2.45, 2.75) is 38.5 Å². The lowest BCUT2D eigenvalue weighted by molar-refractivity contribution is -0.159. The van der Waals surface area contributed by atoms with Gasteiger partial charge in [0.1, 0.15) is 12.4 Å². The second kappa shape index (κ2) is 8.09. The van der Waals surface area contributed by atoms with E-state index in [4.69, 9.17) is 4.74 Å². The van der Waals surface area contributed by atoms with Crippen molar-refractivity contribution >= 4 is 11.9 Å². The van der Waals surface area contributed by atoms with E-state index in [1.165, 1.54) is 23.9 Å². The normalized spacial score (nSPS) is 13.6. The Balaban J connectivity index is 1.33. The number of ether oxygens (including phenoxy) is 1. The van der Waals surface area contributed by atoms with Crippen LogP contribution in [0.1, 0.15) is 35.6 Å². The van der Waals surface area contributed by atoms with Crippen molar-refractivity contribution in [1.82, 2.24) is 20.1 Å². The van der Waals surface area contributed by atoms with Gasteiger partial charge in [-0.25, -0.2) is 9.78 Å². The van der Waals surface area contributed by atoms with Crippen LogP contribution >= 0.6 is 0 Å². The Morgan fingerprint density at radius 1 is 1.17 bits per heavy atom. The molecule has 0 saturated heterocycles. The molecule has 1 aliphatic carbocycles. The van der Waals surface area contributed by atoms with E-state index in [0.29, 0.717) is 0 Å². The number of aromatic nitrogens is 4. The molecular formula is C19H16F3N5O3. The number of nitrogens with one attached hydrogen (secondary N) is 1. The Morgan fingerprint density at radius 3 is 2.73 bits per heavy atom. The molecule has 0 radical (unpaired) electrons. The number of carbonyl (C=O) groups is 1. The zero-order valence-electron chi connectivity index (χ0n) is 15.6. The Kier molecular flexibility index (Phi) is 5.34. The van der Waals surface area contributed by atoms with Gasteiger partial charge < -0.3 is 9.26 Å². The molecule has 30 heavy (non-hydrogen) atoms. The van der Waals surface area contributed by atoms with Gasteiger partial charge >= 0.3 is 18.2 Å². The minimum absolute atomic E-state index is 0.0628. The molecule has 0 bridgehead atoms. The lowest BCUT2D eigenvalue weighted by atomic mass is 9.95. The van der Waals surface area contributed by atoms with Gasteiger partial charge in [0.15, 0.2) is 0 Å². The van der Waals surface area contributed by atoms with Crippen LogP contribution in [-0.2, 0) is 30.4 Å². The van der Waals surface area contributed by atoms with Crippen molar-refractivity contribution in [1.29, 1.82) is 0 Å². The Bertz CT molecular complexity index is 1050. The van der Waals surface area contributed by atoms with Crippen LogP contribution in [0.15, 0.2) is 35.1 Å². The van der Waals surface area contributed by atoms with Crippen molar-refractivity contribution in [2.24, 2.45) is 0 Å². The summed E-state index contributed by atoms with van der Waals surface area (Å²) < 4.78 is 46.9. The predicted octanol–water partition coefficient (Wildman–Crippen LogP) is 4.17. The first-order valence-corrected chi connectivity index (χ1v) is 9.16. The highest BCUT2D eigenvalue weighted by Gasteiger charge is 2.38. The second-order valence-corrected chi connectivity index (χ2v) is 6.71. The van der Waals surface area contributed by atoms with Crippen LogP contribution < -0.4 is 5.32 Å². The number of nitrogens with zero attached hydrogens (tertiary/aromatic N) is 4. The number of alkyl halides is 3. The zero-order valence-corrected chi connectivity index (χ0v) is 15.6. The summed E-state index contributed by atoms with van der Waals surface area (Å²) in [6.07, 6.45) is 1.69. The molecule has 1 amide bonds. The topological polar surface area (TPSA) is 103 Å². The van der Waals surface area contributed by atoms with Gasteiger partial charge in [-0.3, -0.25) is 10.3 Å². The van der Waals surface area contributed by atoms with Crippen molar-refractivity contribution in [3.8, 4) is 11.4 Å². The number of fused-ring (bicyclic) bond motifs is 1. The maximum atomic E-state index is 12.5. The van der Waals surface area contributed by atoms with Crippen LogP contribution in [0.5, 0.6) is 0 Å². The molecule has 0 spiro atoms. The average molecular weight is 419 g/mol. The lowest BCUT2D eigenvalue weighted by Gasteiger charge is -2.15. The minimum atomic E-state index is -4.72. The number of rotatable bonds is 4. The van der Waals surface area contributed by atoms with Gasteiger partial charge in [0, 0.05) is 29.2 Å². The summed E-state index contributed by atoms with van der Waals surface area (Å²) >= 11 is 0. The molecule has 0 atom stereocenters. The highest BCUT2D eigenvalue weighted by Crippen LogP contribution is 2.29. The van der Waals surface area contributed by atoms with Gasteiger partial charge in [0.25, 0.3) is 0 Å². The number of aryl methyl sites for hydroxylation is 2. The molecule has 0 fully saturated rings.